The van der Waals surface area contributed by atoms with Crippen molar-refractivity contribution in [3.05, 3.63) is 47.3 Å². The summed E-state index contributed by atoms with van der Waals surface area (Å²) in [6.45, 7) is 1.41. The Labute approximate surface area is 173 Å². The average Bonchev–Trinajstić information content (AvgIpc) is 3.16. The number of nitriles is 1. The normalized spacial score (nSPS) is 15.3. The van der Waals surface area contributed by atoms with Crippen LogP contribution in [0.15, 0.2) is 39.8 Å². The van der Waals surface area contributed by atoms with Gasteiger partial charge in [0.25, 0.3) is 5.91 Å². The van der Waals surface area contributed by atoms with E-state index in [9.17, 15) is 14.9 Å². The lowest BCUT2D eigenvalue weighted by molar-refractivity contribution is -0.125. The highest BCUT2D eigenvalue weighted by atomic mass is 32.2. The molecule has 0 aliphatic heterocycles. The Kier molecular flexibility index (Phi) is 6.94. The molecule has 1 amide bonds. The molecule has 1 aliphatic carbocycles. The predicted molar refractivity (Wildman–Crippen MR) is 107 cm³/mol. The molecule has 0 atom stereocenters. The maximum atomic E-state index is 12.5. The molecule has 1 aliphatic rings. The molecule has 29 heavy (non-hydrogen) atoms. The number of aromatic nitrogens is 1. The molecular weight excluding hydrogens is 390 g/mol. The lowest BCUT2D eigenvalue weighted by Gasteiger charge is -2.31. The predicted octanol–water partition coefficient (Wildman–Crippen LogP) is 3.77. The summed E-state index contributed by atoms with van der Waals surface area (Å²) in [7, 11) is 0. The summed E-state index contributed by atoms with van der Waals surface area (Å²) >= 11 is 1.44. The monoisotopic (exact) mass is 413 g/mol. The number of carbonyl (C=O) groups excluding carboxylic acids is 2. The Morgan fingerprint density at radius 1 is 1.31 bits per heavy atom. The summed E-state index contributed by atoms with van der Waals surface area (Å²) in [6, 6.07) is 11.1. The third-order valence-electron chi connectivity index (χ3n) is 4.79. The van der Waals surface area contributed by atoms with Crippen LogP contribution < -0.4 is 5.32 Å². The summed E-state index contributed by atoms with van der Waals surface area (Å²) in [5.41, 5.74) is 0.327. The number of hydrogen-bond donors (Lipinski definition) is 1. The van der Waals surface area contributed by atoms with Gasteiger partial charge in [0.05, 0.1) is 17.3 Å². The fraction of sp³-hybridized carbons (Fsp3) is 0.429. The third-order valence-corrected chi connectivity index (χ3v) is 5.90. The summed E-state index contributed by atoms with van der Waals surface area (Å²) in [5, 5.41) is 16.1. The second-order valence-electron chi connectivity index (χ2n) is 7.09. The first-order valence-electron chi connectivity index (χ1n) is 9.55. The van der Waals surface area contributed by atoms with Crippen LogP contribution in [0.5, 0.6) is 0 Å². The first kappa shape index (κ1) is 20.9. The number of rotatable bonds is 7. The molecule has 2 aromatic rings. The number of thioether (sulfide) groups is 1. The Hall–Kier alpha value is -2.79. The van der Waals surface area contributed by atoms with Crippen molar-refractivity contribution < 1.29 is 18.8 Å². The van der Waals surface area contributed by atoms with Gasteiger partial charge in [0.1, 0.15) is 11.3 Å². The summed E-state index contributed by atoms with van der Waals surface area (Å²) < 4.78 is 10.3. The van der Waals surface area contributed by atoms with Gasteiger partial charge in [-0.1, -0.05) is 36.6 Å². The number of carbonyl (C=O) groups is 2. The van der Waals surface area contributed by atoms with Gasteiger partial charge in [0, 0.05) is 16.7 Å². The molecule has 1 aromatic heterocycles. The van der Waals surface area contributed by atoms with E-state index < -0.39 is 24.0 Å². The fourth-order valence-electron chi connectivity index (χ4n) is 3.33. The molecule has 0 unspecified atom stereocenters. The van der Waals surface area contributed by atoms with E-state index in [1.807, 2.05) is 25.1 Å². The van der Waals surface area contributed by atoms with E-state index in [4.69, 9.17) is 9.26 Å². The van der Waals surface area contributed by atoms with Crippen LogP contribution in [0.25, 0.3) is 0 Å². The van der Waals surface area contributed by atoms with E-state index in [0.717, 1.165) is 35.6 Å². The van der Waals surface area contributed by atoms with Gasteiger partial charge < -0.3 is 14.6 Å². The number of benzene rings is 1. The highest BCUT2D eigenvalue weighted by molar-refractivity contribution is 7.98. The quantitative estimate of drug-likeness (QED) is 0.544. The molecule has 0 spiro atoms. The first-order chi connectivity index (χ1) is 14.0. The molecule has 8 heteroatoms. The Morgan fingerprint density at radius 2 is 2.07 bits per heavy atom. The fourth-order valence-corrected chi connectivity index (χ4v) is 4.25. The van der Waals surface area contributed by atoms with Crippen LogP contribution in [0.1, 0.15) is 53.9 Å². The van der Waals surface area contributed by atoms with Crippen LogP contribution in [0.2, 0.25) is 0 Å². The highest BCUT2D eigenvalue weighted by Crippen LogP contribution is 2.28. The van der Waals surface area contributed by atoms with Gasteiger partial charge >= 0.3 is 5.97 Å². The van der Waals surface area contributed by atoms with Crippen molar-refractivity contribution in [1.82, 2.24) is 10.5 Å². The van der Waals surface area contributed by atoms with Gasteiger partial charge in [-0.15, -0.1) is 11.8 Å². The molecule has 1 fully saturated rings. The molecule has 1 saturated carbocycles. The maximum Gasteiger partial charge on any atom is 0.339 e. The molecule has 0 saturated heterocycles. The minimum absolute atomic E-state index is 0.387. The zero-order chi connectivity index (χ0) is 20.7. The summed E-state index contributed by atoms with van der Waals surface area (Å²) in [6.07, 6.45) is 4.14. The van der Waals surface area contributed by atoms with E-state index in [0.29, 0.717) is 24.2 Å². The Bertz CT molecular complexity index is 913. The van der Waals surface area contributed by atoms with E-state index >= 15 is 0 Å². The number of aryl methyl sites for hydroxylation is 1. The number of nitrogens with one attached hydrogen (secondary N) is 1. The van der Waals surface area contributed by atoms with Crippen LogP contribution in [0.3, 0.4) is 0 Å². The number of nitrogens with zero attached hydrogens (tertiary/aromatic N) is 2. The van der Waals surface area contributed by atoms with E-state index in [1.165, 1.54) is 11.8 Å². The van der Waals surface area contributed by atoms with Crippen LogP contribution in [-0.2, 0) is 15.3 Å². The second kappa shape index (κ2) is 9.61. The van der Waals surface area contributed by atoms with Gasteiger partial charge in [-0.05, 0) is 31.9 Å². The molecule has 1 aromatic carbocycles. The number of ether oxygens (including phenoxy) is 1. The molecule has 152 valence electrons. The molecule has 3 rings (SSSR count). The van der Waals surface area contributed by atoms with E-state index in [-0.39, 0.29) is 0 Å². The standard InChI is InChI=1S/C21H23N3O4S/c1-15-11-16(24-28-15)13-29-18-8-4-3-7-17(18)20(26)27-12-19(25)23-21(14-22)9-5-2-6-10-21/h3-4,7-8,11H,2,5-6,9-10,12-13H2,1H3,(H,23,25). The van der Waals surface area contributed by atoms with Crippen LogP contribution in [-0.4, -0.2) is 29.2 Å². The van der Waals surface area contributed by atoms with Crippen LogP contribution in [0.4, 0.5) is 0 Å². The van der Waals surface area contributed by atoms with Crippen molar-refractivity contribution in [3.63, 3.8) is 0 Å². The molecular formula is C21H23N3O4S. The summed E-state index contributed by atoms with van der Waals surface area (Å²) in [4.78, 5) is 25.5. The van der Waals surface area contributed by atoms with Crippen LogP contribution in [0, 0.1) is 18.3 Å². The first-order valence-corrected chi connectivity index (χ1v) is 10.5. The van der Waals surface area contributed by atoms with Crippen molar-refractivity contribution >= 4 is 23.6 Å². The van der Waals surface area contributed by atoms with Crippen molar-refractivity contribution in [1.29, 1.82) is 5.26 Å². The molecule has 7 nitrogen and oxygen atoms in total. The van der Waals surface area contributed by atoms with Crippen LogP contribution >= 0.6 is 11.8 Å². The molecule has 1 heterocycles. The Morgan fingerprint density at radius 3 is 2.76 bits per heavy atom. The smallest absolute Gasteiger partial charge is 0.339 e. The van der Waals surface area contributed by atoms with E-state index in [1.54, 1.807) is 12.1 Å². The maximum absolute atomic E-state index is 12.5. The number of hydrogen-bond acceptors (Lipinski definition) is 7. The Balaban J connectivity index is 1.56. The highest BCUT2D eigenvalue weighted by Gasteiger charge is 2.33. The lowest BCUT2D eigenvalue weighted by Crippen LogP contribution is -2.50. The van der Waals surface area contributed by atoms with Crippen molar-refractivity contribution in [2.45, 2.75) is 55.2 Å². The van der Waals surface area contributed by atoms with Gasteiger partial charge in [-0.25, -0.2) is 4.79 Å². The van der Waals surface area contributed by atoms with Gasteiger partial charge in [-0.2, -0.15) is 5.26 Å². The minimum Gasteiger partial charge on any atom is -0.452 e. The SMILES string of the molecule is Cc1cc(CSc2ccccc2C(=O)OCC(=O)NC2(C#N)CCCCC2)no1. The lowest BCUT2D eigenvalue weighted by atomic mass is 9.83. The zero-order valence-electron chi connectivity index (χ0n) is 16.3. The van der Waals surface area contributed by atoms with Gasteiger partial charge in [0.2, 0.25) is 0 Å². The minimum atomic E-state index is -0.842. The number of amides is 1. The molecule has 1 N–H and O–H groups in total. The summed E-state index contributed by atoms with van der Waals surface area (Å²) in [5.74, 6) is 0.249. The third kappa shape index (κ3) is 5.61. The molecule has 0 bridgehead atoms. The largest absolute Gasteiger partial charge is 0.452 e. The molecule has 0 radical (unpaired) electrons. The zero-order valence-corrected chi connectivity index (χ0v) is 17.1. The van der Waals surface area contributed by atoms with E-state index in [2.05, 4.69) is 16.5 Å². The van der Waals surface area contributed by atoms with Gasteiger partial charge in [0.15, 0.2) is 6.61 Å². The van der Waals surface area contributed by atoms with Gasteiger partial charge in [-0.3, -0.25) is 4.79 Å². The van der Waals surface area contributed by atoms with Crippen molar-refractivity contribution in [3.8, 4) is 6.07 Å². The average molecular weight is 413 g/mol. The second-order valence-corrected chi connectivity index (χ2v) is 8.11. The number of esters is 1. The van der Waals surface area contributed by atoms with Crippen molar-refractivity contribution in [2.24, 2.45) is 0 Å². The topological polar surface area (TPSA) is 105 Å². The van der Waals surface area contributed by atoms with Crippen molar-refractivity contribution in [2.75, 3.05) is 6.61 Å².